The molecule has 3 heteroatoms. The molecule has 0 bridgehead atoms. The van der Waals surface area contributed by atoms with Crippen LogP contribution in [0.3, 0.4) is 0 Å². The van der Waals surface area contributed by atoms with Crippen LogP contribution < -0.4 is 0 Å². The Labute approximate surface area is 116 Å². The van der Waals surface area contributed by atoms with Gasteiger partial charge in [0, 0.05) is 0 Å². The summed E-state index contributed by atoms with van der Waals surface area (Å²) in [6.45, 7) is 17.9. The lowest BCUT2D eigenvalue weighted by atomic mass is 9.89. The van der Waals surface area contributed by atoms with Crippen LogP contribution in [0.5, 0.6) is 0 Å². The molecule has 0 aliphatic carbocycles. The Morgan fingerprint density at radius 1 is 1.00 bits per heavy atom. The summed E-state index contributed by atoms with van der Waals surface area (Å²) in [6.07, 6.45) is 1.98. The van der Waals surface area contributed by atoms with E-state index in [1.807, 2.05) is 13.8 Å². The van der Waals surface area contributed by atoms with E-state index in [9.17, 15) is 0 Å². The van der Waals surface area contributed by atoms with Crippen molar-refractivity contribution in [2.75, 3.05) is 13.2 Å². The summed E-state index contributed by atoms with van der Waals surface area (Å²) in [7, 11) is 0. The van der Waals surface area contributed by atoms with Crippen LogP contribution in [0.4, 0.5) is 0 Å². The molecule has 0 saturated carbocycles. The van der Waals surface area contributed by atoms with E-state index in [-0.39, 0.29) is 23.4 Å². The van der Waals surface area contributed by atoms with Crippen molar-refractivity contribution in [1.29, 1.82) is 0 Å². The number of hydrogen-bond donors (Lipinski definition) is 0. The molecule has 3 nitrogen and oxygen atoms in total. The van der Waals surface area contributed by atoms with Gasteiger partial charge in [0.05, 0.1) is 24.4 Å². The van der Waals surface area contributed by atoms with Crippen molar-refractivity contribution in [3.8, 4) is 0 Å². The Hall–Kier alpha value is -0.640. The molecule has 4 atom stereocenters. The zero-order valence-electron chi connectivity index (χ0n) is 12.6. The summed E-state index contributed by atoms with van der Waals surface area (Å²) in [5.41, 5.74) is 1.60. The molecule has 2 saturated heterocycles. The normalized spacial score (nSPS) is 31.2. The minimum absolute atomic E-state index is 0.174. The fourth-order valence-electron chi connectivity index (χ4n) is 2.96. The highest BCUT2D eigenvalue weighted by atomic mass is 16.6. The number of epoxide rings is 2. The predicted octanol–water partition coefficient (Wildman–Crippen LogP) is 3.25. The van der Waals surface area contributed by atoms with Gasteiger partial charge in [-0.2, -0.15) is 0 Å². The van der Waals surface area contributed by atoms with Gasteiger partial charge in [-0.25, -0.2) is 0 Å². The van der Waals surface area contributed by atoms with Crippen molar-refractivity contribution in [1.82, 2.24) is 0 Å². The molecule has 0 radical (unpaired) electrons. The molecular weight excluding hydrogens is 240 g/mol. The van der Waals surface area contributed by atoms with Gasteiger partial charge in [0.25, 0.3) is 0 Å². The molecule has 2 aliphatic rings. The lowest BCUT2D eigenvalue weighted by Gasteiger charge is -2.39. The summed E-state index contributed by atoms with van der Waals surface area (Å²) in [5.74, 6) is 0. The summed E-state index contributed by atoms with van der Waals surface area (Å²) >= 11 is 0. The van der Waals surface area contributed by atoms with Gasteiger partial charge in [-0.3, -0.25) is 0 Å². The lowest BCUT2D eigenvalue weighted by molar-refractivity contribution is -0.159. The van der Waals surface area contributed by atoms with E-state index >= 15 is 0 Å². The van der Waals surface area contributed by atoms with E-state index in [1.54, 1.807) is 0 Å². The fraction of sp³-hybridized carbons (Fsp3) is 0.750. The molecule has 2 fully saturated rings. The van der Waals surface area contributed by atoms with Crippen LogP contribution in [-0.2, 0) is 14.2 Å². The zero-order valence-corrected chi connectivity index (χ0v) is 12.6. The van der Waals surface area contributed by atoms with Gasteiger partial charge < -0.3 is 14.2 Å². The second-order valence-corrected chi connectivity index (χ2v) is 6.64. The molecule has 19 heavy (non-hydrogen) atoms. The molecule has 0 aromatic carbocycles. The average Bonchev–Trinajstić information content (AvgIpc) is 3.09. The maximum atomic E-state index is 6.52. The summed E-state index contributed by atoms with van der Waals surface area (Å²) < 4.78 is 17.5. The third-order valence-corrected chi connectivity index (χ3v) is 3.80. The van der Waals surface area contributed by atoms with Crippen LogP contribution in [0.2, 0.25) is 0 Å². The van der Waals surface area contributed by atoms with Gasteiger partial charge in [-0.1, -0.05) is 11.1 Å². The molecule has 0 aromatic heterocycles. The maximum absolute atomic E-state index is 6.52. The molecule has 4 unspecified atom stereocenters. The van der Waals surface area contributed by atoms with E-state index < -0.39 is 0 Å². The van der Waals surface area contributed by atoms with Crippen LogP contribution in [-0.4, -0.2) is 36.6 Å². The Morgan fingerprint density at radius 2 is 1.32 bits per heavy atom. The monoisotopic (exact) mass is 266 g/mol. The zero-order chi connectivity index (χ0) is 14.3. The van der Waals surface area contributed by atoms with Crippen molar-refractivity contribution in [2.24, 2.45) is 0 Å². The van der Waals surface area contributed by atoms with E-state index in [0.29, 0.717) is 0 Å². The Bertz CT molecular complexity index is 345. The number of ether oxygens (including phenoxy) is 3. The van der Waals surface area contributed by atoms with Gasteiger partial charge in [0.2, 0.25) is 0 Å². The van der Waals surface area contributed by atoms with Crippen molar-refractivity contribution in [3.63, 3.8) is 0 Å². The molecule has 2 aliphatic heterocycles. The van der Waals surface area contributed by atoms with Crippen molar-refractivity contribution >= 4 is 0 Å². The Kier molecular flexibility index (Phi) is 3.92. The maximum Gasteiger partial charge on any atom is 0.110 e. The second kappa shape index (κ2) is 5.04. The van der Waals surface area contributed by atoms with Gasteiger partial charge in [-0.15, -0.1) is 13.2 Å². The van der Waals surface area contributed by atoms with E-state index in [2.05, 4.69) is 27.0 Å². The van der Waals surface area contributed by atoms with Crippen LogP contribution in [0.1, 0.15) is 40.5 Å². The molecule has 0 amide bonds. The van der Waals surface area contributed by atoms with Crippen LogP contribution in [0.25, 0.3) is 0 Å². The number of hydrogen-bond acceptors (Lipinski definition) is 3. The van der Waals surface area contributed by atoms with Crippen molar-refractivity contribution in [3.05, 3.63) is 24.3 Å². The first kappa shape index (κ1) is 14.8. The minimum Gasteiger partial charge on any atom is -0.370 e. The fourth-order valence-corrected chi connectivity index (χ4v) is 2.96. The third kappa shape index (κ3) is 3.68. The first-order valence-corrected chi connectivity index (χ1v) is 6.97. The van der Waals surface area contributed by atoms with Crippen LogP contribution in [0, 0.1) is 0 Å². The quantitative estimate of drug-likeness (QED) is 0.499. The first-order chi connectivity index (χ1) is 8.75. The predicted molar refractivity (Wildman–Crippen MR) is 76.2 cm³/mol. The molecule has 2 heterocycles. The lowest BCUT2D eigenvalue weighted by Crippen LogP contribution is -2.48. The first-order valence-electron chi connectivity index (χ1n) is 6.97. The highest BCUT2D eigenvalue weighted by molar-refractivity contribution is 5.09. The topological polar surface area (TPSA) is 34.3 Å². The highest BCUT2D eigenvalue weighted by Crippen LogP contribution is 2.42. The highest BCUT2D eigenvalue weighted by Gasteiger charge is 2.53. The van der Waals surface area contributed by atoms with Crippen molar-refractivity contribution in [2.45, 2.75) is 63.9 Å². The van der Waals surface area contributed by atoms with Crippen LogP contribution in [0.15, 0.2) is 24.3 Å². The summed E-state index contributed by atoms with van der Waals surface area (Å²) in [4.78, 5) is 0. The molecular formula is C16H26O3. The second-order valence-electron chi connectivity index (χ2n) is 6.64. The average molecular weight is 266 g/mol. The standard InChI is InChI=1S/C16H26O3/c1-11(2)7-15(5,13-9-17-13)19-16(6,8-12(3)4)14-10-18-14/h13-14H,1,3,7-10H2,2,4-6H3. The van der Waals surface area contributed by atoms with Crippen molar-refractivity contribution < 1.29 is 14.2 Å². The summed E-state index contributed by atoms with van der Waals surface area (Å²) in [6, 6.07) is 0. The molecule has 0 spiro atoms. The van der Waals surface area contributed by atoms with E-state index in [0.717, 1.165) is 37.2 Å². The molecule has 0 aromatic rings. The molecule has 2 rings (SSSR count). The van der Waals surface area contributed by atoms with Gasteiger partial charge in [0.15, 0.2) is 0 Å². The molecule has 0 N–H and O–H groups in total. The van der Waals surface area contributed by atoms with Gasteiger partial charge in [0.1, 0.15) is 12.2 Å². The Balaban J connectivity index is 2.12. The van der Waals surface area contributed by atoms with Crippen LogP contribution >= 0.6 is 0 Å². The molecule has 108 valence electrons. The summed E-state index contributed by atoms with van der Waals surface area (Å²) in [5, 5.41) is 0. The Morgan fingerprint density at radius 3 is 1.53 bits per heavy atom. The third-order valence-electron chi connectivity index (χ3n) is 3.80. The van der Waals surface area contributed by atoms with Gasteiger partial charge in [-0.05, 0) is 40.5 Å². The van der Waals surface area contributed by atoms with E-state index in [1.165, 1.54) is 0 Å². The number of rotatable bonds is 8. The van der Waals surface area contributed by atoms with E-state index in [4.69, 9.17) is 14.2 Å². The SMILES string of the molecule is C=C(C)CC(C)(OC(C)(CC(=C)C)C1CO1)C1CO1. The minimum atomic E-state index is -0.317. The largest absolute Gasteiger partial charge is 0.370 e. The smallest absolute Gasteiger partial charge is 0.110 e. The van der Waals surface area contributed by atoms with Gasteiger partial charge >= 0.3 is 0 Å².